The molecule has 0 bridgehead atoms. The Hall–Kier alpha value is -3.64. The number of rotatable bonds is 8. The number of nitrogens with zero attached hydrogens (tertiary/aromatic N) is 6. The lowest BCUT2D eigenvalue weighted by molar-refractivity contribution is 0.413. The Morgan fingerprint density at radius 3 is 2.56 bits per heavy atom. The number of halogens is 1. The van der Waals surface area contributed by atoms with Crippen molar-refractivity contribution in [3.63, 3.8) is 0 Å². The van der Waals surface area contributed by atoms with Crippen molar-refractivity contribution in [1.29, 1.82) is 0 Å². The first kappa shape index (κ1) is 24.1. The van der Waals surface area contributed by atoms with Crippen LogP contribution in [0, 0.1) is 6.92 Å². The van der Waals surface area contributed by atoms with Crippen LogP contribution < -0.4 is 15.6 Å². The smallest absolute Gasteiger partial charge is 0.289 e. The second-order valence-corrected chi connectivity index (χ2v) is 10.0. The molecule has 1 fully saturated rings. The van der Waals surface area contributed by atoms with Gasteiger partial charge in [0.2, 0.25) is 0 Å². The Morgan fingerprint density at radius 2 is 1.94 bits per heavy atom. The van der Waals surface area contributed by atoms with Crippen LogP contribution in [0.5, 0.6) is 0 Å². The summed E-state index contributed by atoms with van der Waals surface area (Å²) in [7, 11) is 1.74. The summed E-state index contributed by atoms with van der Waals surface area (Å²) in [6.45, 7) is 1.25. The highest BCUT2D eigenvalue weighted by Gasteiger charge is 2.51. The van der Waals surface area contributed by atoms with Gasteiger partial charge in [0, 0.05) is 25.0 Å². The molecule has 188 valence electrons. The minimum absolute atomic E-state index is 0.00299. The van der Waals surface area contributed by atoms with Crippen molar-refractivity contribution in [2.24, 2.45) is 7.05 Å². The summed E-state index contributed by atoms with van der Waals surface area (Å²) in [4.78, 5) is 31.5. The van der Waals surface area contributed by atoms with E-state index < -0.39 is 34.7 Å². The molecule has 0 saturated heterocycles. The molecule has 1 aliphatic rings. The predicted molar refractivity (Wildman–Crippen MR) is 134 cm³/mol. The van der Waals surface area contributed by atoms with Crippen LogP contribution in [-0.2, 0) is 31.4 Å². The molecule has 0 spiro atoms. The standard InChI is InChI=1S/C24H25FN6O4S/c1-16-5-8-26-18(9-16)14-29-21-4-3-19(31(36(34)35)24(15-25)6-7-24)10-20(21)22(32)30(23(29)33)13-17-11-27-28(2)12-17/h3-5,8-12H,6-7,13-15H2,1-2H3,(H,34,35). The maximum atomic E-state index is 13.8. The summed E-state index contributed by atoms with van der Waals surface area (Å²) >= 11 is -2.49. The molecule has 3 heterocycles. The maximum absolute atomic E-state index is 13.8. The Balaban J connectivity index is 1.72. The fraction of sp³-hybridized carbons (Fsp3) is 0.333. The number of aromatic nitrogens is 5. The van der Waals surface area contributed by atoms with Crippen molar-refractivity contribution in [3.8, 4) is 0 Å². The average molecular weight is 513 g/mol. The molecule has 1 aliphatic carbocycles. The molecule has 36 heavy (non-hydrogen) atoms. The summed E-state index contributed by atoms with van der Waals surface area (Å²) in [6.07, 6.45) is 5.80. The van der Waals surface area contributed by atoms with E-state index in [-0.39, 0.29) is 24.2 Å². The Kier molecular flexibility index (Phi) is 6.08. The number of fused-ring (bicyclic) bond motifs is 1. The second-order valence-electron chi connectivity index (χ2n) is 9.19. The van der Waals surface area contributed by atoms with Crippen molar-refractivity contribution in [3.05, 3.63) is 86.6 Å². The van der Waals surface area contributed by atoms with Crippen LogP contribution in [-0.4, -0.2) is 44.9 Å². The maximum Gasteiger partial charge on any atom is 0.332 e. The molecule has 3 aromatic heterocycles. The number of alkyl halides is 1. The zero-order valence-electron chi connectivity index (χ0n) is 19.8. The van der Waals surface area contributed by atoms with Crippen molar-refractivity contribution in [2.45, 2.75) is 38.4 Å². The normalized spacial score (nSPS) is 15.2. The molecule has 0 amide bonds. The first-order valence-electron chi connectivity index (χ1n) is 11.4. The van der Waals surface area contributed by atoms with Crippen molar-refractivity contribution in [2.75, 3.05) is 11.0 Å². The number of hydrogen-bond acceptors (Lipinski definition) is 5. The van der Waals surface area contributed by atoms with E-state index >= 15 is 0 Å². The molecule has 1 N–H and O–H groups in total. The molecular weight excluding hydrogens is 487 g/mol. The van der Waals surface area contributed by atoms with Gasteiger partial charge in [-0.15, -0.1) is 0 Å². The van der Waals surface area contributed by atoms with Gasteiger partial charge in [-0.05, 0) is 55.7 Å². The predicted octanol–water partition coefficient (Wildman–Crippen LogP) is 2.14. The van der Waals surface area contributed by atoms with E-state index in [4.69, 9.17) is 0 Å². The number of pyridine rings is 1. The molecule has 0 radical (unpaired) electrons. The lowest BCUT2D eigenvalue weighted by Gasteiger charge is -2.28. The minimum atomic E-state index is -2.49. The summed E-state index contributed by atoms with van der Waals surface area (Å²) in [5.74, 6) is 0. The summed E-state index contributed by atoms with van der Waals surface area (Å²) < 4.78 is 41.2. The highest BCUT2D eigenvalue weighted by Crippen LogP contribution is 2.45. The highest BCUT2D eigenvalue weighted by atomic mass is 32.2. The SMILES string of the molecule is Cc1ccnc(Cn2c(=O)n(Cc3cnn(C)c3)c(=O)c3cc(N(S(=O)O)C4(CF)CC4)ccc32)c1. The van der Waals surface area contributed by atoms with Gasteiger partial charge in [-0.2, -0.15) is 5.10 Å². The molecule has 0 aliphatic heterocycles. The van der Waals surface area contributed by atoms with Crippen LogP contribution in [0.3, 0.4) is 0 Å². The van der Waals surface area contributed by atoms with Crippen LogP contribution in [0.4, 0.5) is 10.1 Å². The van der Waals surface area contributed by atoms with Crippen LogP contribution >= 0.6 is 0 Å². The zero-order chi connectivity index (χ0) is 25.6. The fourth-order valence-corrected chi connectivity index (χ4v) is 5.34. The van der Waals surface area contributed by atoms with E-state index in [2.05, 4.69) is 10.1 Å². The van der Waals surface area contributed by atoms with E-state index in [9.17, 15) is 22.7 Å². The molecule has 1 saturated carbocycles. The Morgan fingerprint density at radius 1 is 1.17 bits per heavy atom. The van der Waals surface area contributed by atoms with Crippen molar-refractivity contribution < 1.29 is 13.2 Å². The summed E-state index contributed by atoms with van der Waals surface area (Å²) in [5, 5.41) is 4.29. The van der Waals surface area contributed by atoms with Gasteiger partial charge in [0.15, 0.2) is 0 Å². The van der Waals surface area contributed by atoms with E-state index in [0.717, 1.165) is 14.4 Å². The fourth-order valence-electron chi connectivity index (χ4n) is 4.48. The number of anilines is 1. The number of hydrogen-bond donors (Lipinski definition) is 1. The largest absolute Gasteiger partial charge is 0.332 e. The molecular formula is C24H25FN6O4S. The average Bonchev–Trinajstić information content (AvgIpc) is 3.52. The van der Waals surface area contributed by atoms with Crippen LogP contribution in [0.2, 0.25) is 0 Å². The van der Waals surface area contributed by atoms with Gasteiger partial charge in [-0.25, -0.2) is 13.4 Å². The molecule has 5 rings (SSSR count). The topological polar surface area (TPSA) is 115 Å². The molecule has 1 aromatic carbocycles. The first-order valence-corrected chi connectivity index (χ1v) is 12.4. The van der Waals surface area contributed by atoms with E-state index in [0.29, 0.717) is 29.6 Å². The molecule has 1 unspecified atom stereocenters. The number of benzene rings is 1. The third-order valence-corrected chi connectivity index (χ3v) is 7.41. The Labute approximate surface area is 208 Å². The quantitative estimate of drug-likeness (QED) is 0.362. The van der Waals surface area contributed by atoms with Gasteiger partial charge in [-0.3, -0.25) is 32.5 Å². The zero-order valence-corrected chi connectivity index (χ0v) is 20.6. The third-order valence-electron chi connectivity index (χ3n) is 6.50. The van der Waals surface area contributed by atoms with Gasteiger partial charge in [0.1, 0.15) is 6.67 Å². The van der Waals surface area contributed by atoms with E-state index in [1.54, 1.807) is 36.4 Å². The van der Waals surface area contributed by atoms with Crippen molar-refractivity contribution in [1.82, 2.24) is 23.9 Å². The van der Waals surface area contributed by atoms with E-state index in [1.165, 1.54) is 16.7 Å². The van der Waals surface area contributed by atoms with Gasteiger partial charge >= 0.3 is 5.69 Å². The summed E-state index contributed by atoms with van der Waals surface area (Å²) in [5.41, 5.74) is 0.741. The molecule has 10 nitrogen and oxygen atoms in total. The molecule has 1 atom stereocenters. The lowest BCUT2D eigenvalue weighted by atomic mass is 10.1. The minimum Gasteiger partial charge on any atom is -0.289 e. The highest BCUT2D eigenvalue weighted by molar-refractivity contribution is 7.80. The van der Waals surface area contributed by atoms with E-state index in [1.807, 2.05) is 19.1 Å². The van der Waals surface area contributed by atoms with Crippen molar-refractivity contribution >= 4 is 27.9 Å². The molecule has 12 heteroatoms. The van der Waals surface area contributed by atoms with Gasteiger partial charge < -0.3 is 0 Å². The summed E-state index contributed by atoms with van der Waals surface area (Å²) in [6, 6.07) is 8.27. The van der Waals surface area contributed by atoms with Gasteiger partial charge in [-0.1, -0.05) is 0 Å². The monoisotopic (exact) mass is 512 g/mol. The van der Waals surface area contributed by atoms with Crippen LogP contribution in [0.15, 0.2) is 58.5 Å². The van der Waals surface area contributed by atoms with Crippen LogP contribution in [0.1, 0.15) is 29.7 Å². The Bertz CT molecular complexity index is 1610. The molecule has 4 aromatic rings. The van der Waals surface area contributed by atoms with Gasteiger partial charge in [0.25, 0.3) is 16.8 Å². The second kappa shape index (κ2) is 9.10. The lowest BCUT2D eigenvalue weighted by Crippen LogP contribution is -2.42. The van der Waals surface area contributed by atoms with Crippen LogP contribution in [0.25, 0.3) is 10.9 Å². The van der Waals surface area contributed by atoms with Gasteiger partial charge in [0.05, 0.1) is 47.1 Å². The number of aryl methyl sites for hydroxylation is 2. The first-order chi connectivity index (χ1) is 17.2. The third kappa shape index (κ3) is 4.26.